The molecule has 0 spiro atoms. The van der Waals surface area contributed by atoms with Crippen LogP contribution in [0.1, 0.15) is 30.7 Å². The summed E-state index contributed by atoms with van der Waals surface area (Å²) in [4.78, 5) is 4.94. The fraction of sp³-hybridized carbons (Fsp3) is 0.400. The van der Waals surface area contributed by atoms with Crippen molar-refractivity contribution < 1.29 is 4.39 Å². The largest absolute Gasteiger partial charge is 0.311 e. The van der Waals surface area contributed by atoms with Gasteiger partial charge in [-0.1, -0.05) is 6.07 Å². The van der Waals surface area contributed by atoms with Crippen molar-refractivity contribution in [2.75, 3.05) is 0 Å². The molecule has 0 radical (unpaired) electrons. The third-order valence-corrected chi connectivity index (χ3v) is 5.28. The molecule has 1 N–H and O–H groups in total. The number of thiophene rings is 1. The molecule has 0 aromatic carbocycles. The van der Waals surface area contributed by atoms with Crippen LogP contribution in [-0.4, -0.2) is 17.1 Å². The van der Waals surface area contributed by atoms with E-state index in [1.54, 1.807) is 17.5 Å². The smallest absolute Gasteiger partial charge is 0.221 e. The van der Waals surface area contributed by atoms with Crippen molar-refractivity contribution in [2.45, 2.75) is 37.3 Å². The van der Waals surface area contributed by atoms with Gasteiger partial charge in [-0.15, -0.1) is 11.3 Å². The molecule has 2 aliphatic heterocycles. The van der Waals surface area contributed by atoms with Crippen LogP contribution < -0.4 is 5.32 Å². The van der Waals surface area contributed by atoms with E-state index >= 15 is 0 Å². The van der Waals surface area contributed by atoms with Crippen molar-refractivity contribution in [1.29, 1.82) is 0 Å². The molecule has 2 aromatic heterocycles. The zero-order chi connectivity index (χ0) is 12.8. The Morgan fingerprint density at radius 3 is 3.00 bits per heavy atom. The summed E-state index contributed by atoms with van der Waals surface area (Å²) < 4.78 is 13.9. The van der Waals surface area contributed by atoms with E-state index in [2.05, 4.69) is 10.3 Å². The lowest BCUT2D eigenvalue weighted by Crippen LogP contribution is -2.21. The normalized spacial score (nSPS) is 29.0. The van der Waals surface area contributed by atoms with Crippen molar-refractivity contribution in [1.82, 2.24) is 10.3 Å². The summed E-state index contributed by atoms with van der Waals surface area (Å²) in [7, 11) is 0. The maximum atomic E-state index is 13.9. The van der Waals surface area contributed by atoms with Gasteiger partial charge in [0, 0.05) is 34.6 Å². The standard InChI is InChI=1S/C15H15FN2S/c16-15-12(14-2-1-5-19-14)6-9(8-17-15)11-7-10-3-4-13(11)18-10/h1-2,5-6,8,10-11,13,18H,3-4,7H2. The number of rotatable bonds is 2. The number of nitrogens with zero attached hydrogens (tertiary/aromatic N) is 1. The van der Waals surface area contributed by atoms with Crippen LogP contribution in [0, 0.1) is 5.95 Å². The lowest BCUT2D eigenvalue weighted by Gasteiger charge is -2.20. The summed E-state index contributed by atoms with van der Waals surface area (Å²) >= 11 is 1.56. The van der Waals surface area contributed by atoms with Crippen LogP contribution in [0.5, 0.6) is 0 Å². The highest BCUT2D eigenvalue weighted by atomic mass is 32.1. The molecule has 3 atom stereocenters. The van der Waals surface area contributed by atoms with Crippen LogP contribution in [0.2, 0.25) is 0 Å². The molecule has 2 fully saturated rings. The van der Waals surface area contributed by atoms with E-state index < -0.39 is 0 Å². The van der Waals surface area contributed by atoms with E-state index in [0.29, 0.717) is 23.6 Å². The Hall–Kier alpha value is -1.26. The molecule has 2 aromatic rings. The molecule has 0 saturated carbocycles. The molecule has 2 nitrogen and oxygen atoms in total. The van der Waals surface area contributed by atoms with E-state index in [-0.39, 0.29) is 5.95 Å². The average Bonchev–Trinajstić information content (AvgIpc) is 3.16. The lowest BCUT2D eigenvalue weighted by molar-refractivity contribution is 0.502. The summed E-state index contributed by atoms with van der Waals surface area (Å²) in [6.07, 6.45) is 5.41. The zero-order valence-corrected chi connectivity index (χ0v) is 11.3. The average molecular weight is 274 g/mol. The van der Waals surface area contributed by atoms with Crippen molar-refractivity contribution in [2.24, 2.45) is 0 Å². The van der Waals surface area contributed by atoms with Crippen molar-refractivity contribution in [3.8, 4) is 10.4 Å². The van der Waals surface area contributed by atoms with Crippen molar-refractivity contribution in [3.63, 3.8) is 0 Å². The Morgan fingerprint density at radius 1 is 1.37 bits per heavy atom. The van der Waals surface area contributed by atoms with E-state index in [4.69, 9.17) is 0 Å². The molecular weight excluding hydrogens is 259 g/mol. The number of aromatic nitrogens is 1. The number of fused-ring (bicyclic) bond motifs is 2. The van der Waals surface area contributed by atoms with Crippen LogP contribution in [0.3, 0.4) is 0 Å². The summed E-state index contributed by atoms with van der Waals surface area (Å²) in [5.74, 6) is 0.146. The van der Waals surface area contributed by atoms with Crippen LogP contribution in [-0.2, 0) is 0 Å². The Kier molecular flexibility index (Phi) is 2.67. The molecule has 2 saturated heterocycles. The summed E-state index contributed by atoms with van der Waals surface area (Å²) in [5.41, 5.74) is 1.83. The maximum absolute atomic E-state index is 13.9. The van der Waals surface area contributed by atoms with Crippen LogP contribution in [0.4, 0.5) is 4.39 Å². The lowest BCUT2D eigenvalue weighted by atomic mass is 9.84. The number of hydrogen-bond acceptors (Lipinski definition) is 3. The van der Waals surface area contributed by atoms with Gasteiger partial charge in [0.25, 0.3) is 0 Å². The summed E-state index contributed by atoms with van der Waals surface area (Å²) in [6.45, 7) is 0. The molecule has 19 heavy (non-hydrogen) atoms. The maximum Gasteiger partial charge on any atom is 0.221 e. The van der Waals surface area contributed by atoms with Crippen LogP contribution in [0.15, 0.2) is 29.8 Å². The molecule has 4 rings (SSSR count). The second-order valence-electron chi connectivity index (χ2n) is 5.47. The minimum Gasteiger partial charge on any atom is -0.311 e. The predicted octanol–water partition coefficient (Wildman–Crippen LogP) is 3.56. The van der Waals surface area contributed by atoms with E-state index in [0.717, 1.165) is 4.88 Å². The fourth-order valence-electron chi connectivity index (χ4n) is 3.46. The minimum atomic E-state index is -0.359. The van der Waals surface area contributed by atoms with Crippen LogP contribution >= 0.6 is 11.3 Å². The topological polar surface area (TPSA) is 24.9 Å². The second-order valence-corrected chi connectivity index (χ2v) is 6.42. The molecule has 2 aliphatic rings. The van der Waals surface area contributed by atoms with Gasteiger partial charge in [0.2, 0.25) is 5.95 Å². The van der Waals surface area contributed by atoms with Gasteiger partial charge in [-0.3, -0.25) is 0 Å². The highest BCUT2D eigenvalue weighted by molar-refractivity contribution is 7.13. The number of pyridine rings is 1. The van der Waals surface area contributed by atoms with Gasteiger partial charge in [-0.25, -0.2) is 4.98 Å². The third kappa shape index (κ3) is 1.90. The quantitative estimate of drug-likeness (QED) is 0.847. The Morgan fingerprint density at radius 2 is 2.32 bits per heavy atom. The first kappa shape index (κ1) is 11.6. The van der Waals surface area contributed by atoms with E-state index in [1.165, 1.54) is 24.8 Å². The fourth-order valence-corrected chi connectivity index (χ4v) is 4.20. The molecule has 4 heteroatoms. The predicted molar refractivity (Wildman–Crippen MR) is 74.8 cm³/mol. The van der Waals surface area contributed by atoms with Crippen molar-refractivity contribution in [3.05, 3.63) is 41.3 Å². The van der Waals surface area contributed by atoms with Gasteiger partial charge in [0.15, 0.2) is 0 Å². The van der Waals surface area contributed by atoms with Gasteiger partial charge in [-0.2, -0.15) is 4.39 Å². The summed E-state index contributed by atoms with van der Waals surface area (Å²) in [6, 6.07) is 7.12. The zero-order valence-electron chi connectivity index (χ0n) is 10.5. The van der Waals surface area contributed by atoms with Gasteiger partial charge in [0.1, 0.15) is 0 Å². The van der Waals surface area contributed by atoms with E-state index in [9.17, 15) is 4.39 Å². The summed E-state index contributed by atoms with van der Waals surface area (Å²) in [5, 5.41) is 5.60. The molecule has 4 heterocycles. The highest BCUT2D eigenvalue weighted by Crippen LogP contribution is 2.41. The van der Waals surface area contributed by atoms with E-state index in [1.807, 2.05) is 23.6 Å². The number of nitrogens with one attached hydrogen (secondary N) is 1. The first-order chi connectivity index (χ1) is 9.31. The molecule has 3 unspecified atom stereocenters. The molecule has 2 bridgehead atoms. The van der Waals surface area contributed by atoms with Crippen LogP contribution in [0.25, 0.3) is 10.4 Å². The molecular formula is C15H15FN2S. The molecule has 98 valence electrons. The van der Waals surface area contributed by atoms with Gasteiger partial charge < -0.3 is 5.32 Å². The van der Waals surface area contributed by atoms with Gasteiger partial charge >= 0.3 is 0 Å². The van der Waals surface area contributed by atoms with Crippen molar-refractivity contribution >= 4 is 11.3 Å². The monoisotopic (exact) mass is 274 g/mol. The Balaban J connectivity index is 1.72. The van der Waals surface area contributed by atoms with Gasteiger partial charge in [0.05, 0.1) is 0 Å². The number of halogens is 1. The SMILES string of the molecule is Fc1ncc(C2CC3CCC2N3)cc1-c1cccs1. The first-order valence-corrected chi connectivity index (χ1v) is 7.64. The Bertz CT molecular complexity index is 596. The Labute approximate surface area is 115 Å². The molecule has 0 amide bonds. The first-order valence-electron chi connectivity index (χ1n) is 6.76. The second kappa shape index (κ2) is 4.39. The molecule has 0 aliphatic carbocycles. The highest BCUT2D eigenvalue weighted by Gasteiger charge is 2.39. The minimum absolute atomic E-state index is 0.359. The number of hydrogen-bond donors (Lipinski definition) is 1. The third-order valence-electron chi connectivity index (χ3n) is 4.38. The van der Waals surface area contributed by atoms with Gasteiger partial charge in [-0.05, 0) is 42.3 Å².